The number of anilines is 1. The maximum absolute atomic E-state index is 13.6. The van der Waals surface area contributed by atoms with E-state index in [4.69, 9.17) is 9.47 Å². The summed E-state index contributed by atoms with van der Waals surface area (Å²) in [5.74, 6) is -0.690. The van der Waals surface area contributed by atoms with Crippen LogP contribution in [-0.4, -0.2) is 73.8 Å². The number of carbonyl (C=O) groups is 4. The van der Waals surface area contributed by atoms with Gasteiger partial charge in [0.2, 0.25) is 11.8 Å². The number of likely N-dealkylation sites (tertiary alicyclic amines) is 1. The van der Waals surface area contributed by atoms with Gasteiger partial charge in [0.25, 0.3) is 11.8 Å². The van der Waals surface area contributed by atoms with Gasteiger partial charge in [-0.3, -0.25) is 24.1 Å². The van der Waals surface area contributed by atoms with Crippen molar-refractivity contribution in [1.29, 1.82) is 0 Å². The highest BCUT2D eigenvalue weighted by Crippen LogP contribution is 2.49. The lowest BCUT2D eigenvalue weighted by Gasteiger charge is -2.40. The number of nitrogens with one attached hydrogen (secondary N) is 1. The number of amides is 4. The molecule has 3 heterocycles. The number of ether oxygens (including phenoxy) is 2. The number of methoxy groups -OCH3 is 2. The third-order valence-corrected chi connectivity index (χ3v) is 6.69. The summed E-state index contributed by atoms with van der Waals surface area (Å²) in [5, 5.41) is 2.63. The molecule has 1 fully saturated rings. The summed E-state index contributed by atoms with van der Waals surface area (Å²) in [4.78, 5) is 56.9. The first-order chi connectivity index (χ1) is 17.0. The molecule has 0 unspecified atom stereocenters. The zero-order valence-electron chi connectivity index (χ0n) is 19.6. The Kier molecular flexibility index (Phi) is 5.80. The lowest BCUT2D eigenvalue weighted by Crippen LogP contribution is -2.52. The number of carbonyl (C=O) groups excluding carboxylic acids is 4. The van der Waals surface area contributed by atoms with Crippen molar-refractivity contribution in [3.8, 4) is 11.5 Å². The van der Waals surface area contributed by atoms with Crippen molar-refractivity contribution in [2.24, 2.45) is 0 Å². The standard InChI is InChI=1S/C25H26N4O6/c1-34-18-10-9-16-21(22(18)35-2)25(33)29-17-8-4-3-7-15(17)24(32)28(23(16)29)14-19(30)26-13-20(31)27-11-5-6-12-27/h3-4,7-10,23H,5-6,11-14H2,1-2H3,(H,26,30)/t23-/m0/s1. The zero-order valence-corrected chi connectivity index (χ0v) is 19.6. The molecule has 182 valence electrons. The van der Waals surface area contributed by atoms with E-state index in [0.717, 1.165) is 12.8 Å². The van der Waals surface area contributed by atoms with E-state index in [0.29, 0.717) is 35.7 Å². The van der Waals surface area contributed by atoms with Gasteiger partial charge in [0.15, 0.2) is 11.5 Å². The van der Waals surface area contributed by atoms with Gasteiger partial charge in [0.05, 0.1) is 37.6 Å². The number of para-hydroxylation sites is 1. The fourth-order valence-electron chi connectivity index (χ4n) is 5.05. The molecule has 10 heteroatoms. The molecule has 0 bridgehead atoms. The third kappa shape index (κ3) is 3.65. The highest BCUT2D eigenvalue weighted by atomic mass is 16.5. The van der Waals surface area contributed by atoms with Crippen LogP contribution in [0.4, 0.5) is 5.69 Å². The van der Waals surface area contributed by atoms with Gasteiger partial charge in [-0.15, -0.1) is 0 Å². The number of rotatable bonds is 6. The van der Waals surface area contributed by atoms with E-state index in [9.17, 15) is 19.2 Å². The first-order valence-electron chi connectivity index (χ1n) is 11.5. The van der Waals surface area contributed by atoms with Crippen molar-refractivity contribution in [2.75, 3.05) is 45.3 Å². The minimum Gasteiger partial charge on any atom is -0.493 e. The molecular weight excluding hydrogens is 452 g/mol. The quantitative estimate of drug-likeness (QED) is 0.675. The van der Waals surface area contributed by atoms with Crippen LogP contribution in [0.15, 0.2) is 36.4 Å². The smallest absolute Gasteiger partial charge is 0.264 e. The first-order valence-corrected chi connectivity index (χ1v) is 11.5. The molecule has 0 saturated carbocycles. The maximum Gasteiger partial charge on any atom is 0.264 e. The molecule has 5 rings (SSSR count). The van der Waals surface area contributed by atoms with Gasteiger partial charge in [-0.2, -0.15) is 0 Å². The van der Waals surface area contributed by atoms with Gasteiger partial charge in [-0.05, 0) is 31.0 Å². The molecule has 0 radical (unpaired) electrons. The second-order valence-electron chi connectivity index (χ2n) is 8.63. The highest BCUT2D eigenvalue weighted by molar-refractivity contribution is 6.18. The number of hydrogen-bond donors (Lipinski definition) is 1. The van der Waals surface area contributed by atoms with E-state index in [1.54, 1.807) is 41.3 Å². The topological polar surface area (TPSA) is 108 Å². The molecule has 35 heavy (non-hydrogen) atoms. The second-order valence-corrected chi connectivity index (χ2v) is 8.63. The van der Waals surface area contributed by atoms with Gasteiger partial charge in [-0.25, -0.2) is 0 Å². The fourth-order valence-corrected chi connectivity index (χ4v) is 5.05. The average Bonchev–Trinajstić information content (AvgIpc) is 3.52. The van der Waals surface area contributed by atoms with Crippen LogP contribution in [-0.2, 0) is 9.59 Å². The molecule has 2 aromatic carbocycles. The van der Waals surface area contributed by atoms with Gasteiger partial charge in [-0.1, -0.05) is 18.2 Å². The van der Waals surface area contributed by atoms with Crippen molar-refractivity contribution in [3.63, 3.8) is 0 Å². The largest absolute Gasteiger partial charge is 0.493 e. The van der Waals surface area contributed by atoms with Crippen LogP contribution in [0, 0.1) is 0 Å². The summed E-state index contributed by atoms with van der Waals surface area (Å²) in [5.41, 5.74) is 1.61. The Bertz CT molecular complexity index is 1220. The van der Waals surface area contributed by atoms with Crippen LogP contribution in [0.25, 0.3) is 0 Å². The summed E-state index contributed by atoms with van der Waals surface area (Å²) in [6.07, 6.45) is 1.08. The second kappa shape index (κ2) is 8.94. The van der Waals surface area contributed by atoms with Crippen LogP contribution in [0.5, 0.6) is 11.5 Å². The van der Waals surface area contributed by atoms with Crippen molar-refractivity contribution < 1.29 is 28.7 Å². The Labute approximate surface area is 202 Å². The molecule has 1 atom stereocenters. The van der Waals surface area contributed by atoms with Crippen LogP contribution < -0.4 is 19.7 Å². The van der Waals surface area contributed by atoms with Crippen LogP contribution in [0.2, 0.25) is 0 Å². The molecular formula is C25H26N4O6. The molecule has 3 aliphatic rings. The van der Waals surface area contributed by atoms with Crippen molar-refractivity contribution in [2.45, 2.75) is 19.0 Å². The van der Waals surface area contributed by atoms with Gasteiger partial charge >= 0.3 is 0 Å². The predicted molar refractivity (Wildman–Crippen MR) is 125 cm³/mol. The fraction of sp³-hybridized carbons (Fsp3) is 0.360. The molecule has 10 nitrogen and oxygen atoms in total. The predicted octanol–water partition coefficient (Wildman–Crippen LogP) is 1.56. The lowest BCUT2D eigenvalue weighted by atomic mass is 10.0. The van der Waals surface area contributed by atoms with Gasteiger partial charge < -0.3 is 24.6 Å². The summed E-state index contributed by atoms with van der Waals surface area (Å²) in [6, 6.07) is 10.2. The minimum absolute atomic E-state index is 0.133. The highest BCUT2D eigenvalue weighted by Gasteiger charge is 2.50. The van der Waals surface area contributed by atoms with E-state index >= 15 is 0 Å². The molecule has 0 aromatic heterocycles. The number of hydrogen-bond acceptors (Lipinski definition) is 6. The summed E-state index contributed by atoms with van der Waals surface area (Å²) in [6.45, 7) is 0.934. The summed E-state index contributed by atoms with van der Waals surface area (Å²) < 4.78 is 10.9. The maximum atomic E-state index is 13.6. The summed E-state index contributed by atoms with van der Waals surface area (Å²) in [7, 11) is 2.93. The molecule has 3 aliphatic heterocycles. The van der Waals surface area contributed by atoms with E-state index in [-0.39, 0.29) is 42.1 Å². The monoisotopic (exact) mass is 478 g/mol. The Morgan fingerprint density at radius 2 is 1.74 bits per heavy atom. The Morgan fingerprint density at radius 1 is 1.00 bits per heavy atom. The van der Waals surface area contributed by atoms with E-state index in [2.05, 4.69) is 5.32 Å². The number of benzene rings is 2. The minimum atomic E-state index is -0.834. The number of fused-ring (bicyclic) bond motifs is 5. The molecule has 2 aromatic rings. The van der Waals surface area contributed by atoms with E-state index < -0.39 is 12.1 Å². The van der Waals surface area contributed by atoms with E-state index in [1.165, 1.54) is 24.0 Å². The molecule has 0 spiro atoms. The van der Waals surface area contributed by atoms with E-state index in [1.807, 2.05) is 0 Å². The zero-order chi connectivity index (χ0) is 24.7. The SMILES string of the molecule is COc1ccc2c(c1OC)C(=O)N1c3ccccc3C(=O)N(CC(=O)NCC(=O)N3CCCC3)[C@H]21. The Balaban J connectivity index is 1.48. The normalized spacial score (nSPS) is 18.2. The average molecular weight is 479 g/mol. The Hall–Kier alpha value is -4.08. The van der Waals surface area contributed by atoms with Crippen molar-refractivity contribution >= 4 is 29.3 Å². The summed E-state index contributed by atoms with van der Waals surface area (Å²) >= 11 is 0. The third-order valence-electron chi connectivity index (χ3n) is 6.69. The first kappa shape index (κ1) is 22.7. The molecule has 4 amide bonds. The molecule has 1 N–H and O–H groups in total. The molecule has 1 saturated heterocycles. The lowest BCUT2D eigenvalue weighted by molar-refractivity contribution is -0.132. The van der Waals surface area contributed by atoms with Crippen molar-refractivity contribution in [3.05, 3.63) is 53.1 Å². The molecule has 0 aliphatic carbocycles. The van der Waals surface area contributed by atoms with Crippen LogP contribution in [0.3, 0.4) is 0 Å². The van der Waals surface area contributed by atoms with Gasteiger partial charge in [0, 0.05) is 18.7 Å². The van der Waals surface area contributed by atoms with Gasteiger partial charge in [0.1, 0.15) is 12.7 Å². The Morgan fingerprint density at radius 3 is 2.46 bits per heavy atom. The van der Waals surface area contributed by atoms with Crippen LogP contribution >= 0.6 is 0 Å². The van der Waals surface area contributed by atoms with Crippen LogP contribution in [0.1, 0.15) is 45.3 Å². The van der Waals surface area contributed by atoms with Crippen molar-refractivity contribution in [1.82, 2.24) is 15.1 Å². The number of nitrogens with zero attached hydrogens (tertiary/aromatic N) is 3.